The Hall–Kier alpha value is -1.66. The number of benzene rings is 1. The van der Waals surface area contributed by atoms with Gasteiger partial charge < -0.3 is 20.1 Å². The Labute approximate surface area is 118 Å². The summed E-state index contributed by atoms with van der Waals surface area (Å²) in [6.07, 6.45) is 0.0302. The molecule has 2 N–H and O–H groups in total. The minimum Gasteiger partial charge on any atom is -0.410 e. The van der Waals surface area contributed by atoms with E-state index in [0.717, 1.165) is 0 Å². The number of thiocarbonyl (C=S) groups is 1. The van der Waals surface area contributed by atoms with Gasteiger partial charge in [0.1, 0.15) is 5.75 Å². The monoisotopic (exact) mass is 282 g/mol. The molecule has 0 spiro atoms. The third-order valence-electron chi connectivity index (χ3n) is 2.40. The van der Waals surface area contributed by atoms with E-state index in [9.17, 15) is 4.79 Å². The quantitative estimate of drug-likeness (QED) is 0.773. The van der Waals surface area contributed by atoms with Crippen molar-refractivity contribution in [1.29, 1.82) is 0 Å². The Bertz CT molecular complexity index is 412. The highest BCUT2D eigenvalue weighted by atomic mass is 32.1. The molecule has 0 heterocycles. The van der Waals surface area contributed by atoms with Gasteiger partial charge >= 0.3 is 6.09 Å². The number of para-hydroxylation sites is 1. The van der Waals surface area contributed by atoms with Crippen LogP contribution in [0.5, 0.6) is 5.75 Å². The van der Waals surface area contributed by atoms with Crippen LogP contribution in [0.4, 0.5) is 4.79 Å². The zero-order chi connectivity index (χ0) is 14.1. The molecule has 1 aromatic rings. The molecule has 0 radical (unpaired) electrons. The average molecular weight is 282 g/mol. The summed E-state index contributed by atoms with van der Waals surface area (Å²) in [5.74, 6) is 0.505. The molecule has 1 rings (SSSR count). The van der Waals surface area contributed by atoms with Crippen molar-refractivity contribution in [3.63, 3.8) is 0 Å². The van der Waals surface area contributed by atoms with Crippen molar-refractivity contribution in [2.45, 2.75) is 6.42 Å². The van der Waals surface area contributed by atoms with Gasteiger partial charge in [-0.2, -0.15) is 0 Å². The van der Waals surface area contributed by atoms with Crippen LogP contribution < -0.4 is 10.5 Å². The van der Waals surface area contributed by atoms with Gasteiger partial charge in [0, 0.05) is 26.6 Å². The molecule has 0 saturated heterocycles. The van der Waals surface area contributed by atoms with Crippen molar-refractivity contribution < 1.29 is 14.3 Å². The number of amides is 1. The molecule has 104 valence electrons. The summed E-state index contributed by atoms with van der Waals surface area (Å²) < 4.78 is 10.2. The summed E-state index contributed by atoms with van der Waals surface area (Å²) in [5, 5.41) is 0. The van der Waals surface area contributed by atoms with Crippen molar-refractivity contribution in [1.82, 2.24) is 4.90 Å². The topological polar surface area (TPSA) is 64.8 Å². The third kappa shape index (κ3) is 6.17. The van der Waals surface area contributed by atoms with Crippen molar-refractivity contribution >= 4 is 23.3 Å². The summed E-state index contributed by atoms with van der Waals surface area (Å²) in [7, 11) is 1.58. The van der Waals surface area contributed by atoms with E-state index < -0.39 is 6.09 Å². The highest BCUT2D eigenvalue weighted by Crippen LogP contribution is 2.10. The van der Waals surface area contributed by atoms with E-state index in [1.165, 1.54) is 4.90 Å². The summed E-state index contributed by atoms with van der Waals surface area (Å²) in [6, 6.07) is 8.90. The maximum Gasteiger partial charge on any atom is 0.415 e. The fourth-order valence-corrected chi connectivity index (χ4v) is 1.49. The molecule has 0 aliphatic heterocycles. The summed E-state index contributed by atoms with van der Waals surface area (Å²) in [5.41, 5.74) is 5.44. The molecule has 1 aromatic carbocycles. The van der Waals surface area contributed by atoms with E-state index in [1.54, 1.807) is 31.4 Å². The molecular weight excluding hydrogens is 264 g/mol. The highest BCUT2D eigenvalue weighted by molar-refractivity contribution is 7.80. The van der Waals surface area contributed by atoms with E-state index >= 15 is 0 Å². The van der Waals surface area contributed by atoms with Gasteiger partial charge in [0.15, 0.2) is 0 Å². The van der Waals surface area contributed by atoms with E-state index in [-0.39, 0.29) is 0 Å². The lowest BCUT2D eigenvalue weighted by Crippen LogP contribution is -2.38. The zero-order valence-corrected chi connectivity index (χ0v) is 11.7. The number of nitrogens with zero attached hydrogens (tertiary/aromatic N) is 1. The fraction of sp³-hybridized carbons (Fsp3) is 0.385. The minimum atomic E-state index is -0.431. The lowest BCUT2D eigenvalue weighted by atomic mass is 10.3. The van der Waals surface area contributed by atoms with Gasteiger partial charge in [-0.1, -0.05) is 30.4 Å². The Morgan fingerprint density at radius 3 is 2.58 bits per heavy atom. The second-order valence-electron chi connectivity index (χ2n) is 3.88. The van der Waals surface area contributed by atoms with Crippen molar-refractivity contribution in [2.24, 2.45) is 5.73 Å². The maximum atomic E-state index is 12.0. The molecule has 6 heteroatoms. The van der Waals surface area contributed by atoms with Crippen LogP contribution in [0.15, 0.2) is 30.3 Å². The Kier molecular flexibility index (Phi) is 6.84. The van der Waals surface area contributed by atoms with Crippen LogP contribution in [0.2, 0.25) is 0 Å². The first-order valence-electron chi connectivity index (χ1n) is 5.92. The molecule has 0 atom stereocenters. The Morgan fingerprint density at radius 1 is 1.32 bits per heavy atom. The van der Waals surface area contributed by atoms with E-state index in [2.05, 4.69) is 0 Å². The number of ether oxygens (including phenoxy) is 2. The van der Waals surface area contributed by atoms with Crippen LogP contribution in [0.3, 0.4) is 0 Å². The number of hydrogen-bond donors (Lipinski definition) is 1. The molecular formula is C13H18N2O3S. The number of nitrogens with two attached hydrogens (primary N) is 1. The maximum absolute atomic E-state index is 12.0. The molecule has 19 heavy (non-hydrogen) atoms. The summed E-state index contributed by atoms with van der Waals surface area (Å²) in [4.78, 5) is 13.9. The highest BCUT2D eigenvalue weighted by Gasteiger charge is 2.15. The molecule has 0 fully saturated rings. The third-order valence-corrected chi connectivity index (χ3v) is 2.60. The second kappa shape index (κ2) is 8.44. The van der Waals surface area contributed by atoms with E-state index in [1.807, 2.05) is 6.07 Å². The SMILES string of the molecule is COCCN(CCC(N)=S)C(=O)Oc1ccccc1. The number of rotatable bonds is 7. The van der Waals surface area contributed by atoms with Crippen LogP contribution in [0.25, 0.3) is 0 Å². The van der Waals surface area contributed by atoms with Crippen LogP contribution in [0, 0.1) is 0 Å². The number of hydrogen-bond acceptors (Lipinski definition) is 4. The predicted molar refractivity (Wildman–Crippen MR) is 77.3 cm³/mol. The second-order valence-corrected chi connectivity index (χ2v) is 4.40. The first-order valence-corrected chi connectivity index (χ1v) is 6.33. The van der Waals surface area contributed by atoms with Crippen molar-refractivity contribution in [3.05, 3.63) is 30.3 Å². The van der Waals surface area contributed by atoms with Gasteiger partial charge in [-0.3, -0.25) is 0 Å². The predicted octanol–water partition coefficient (Wildman–Crippen LogP) is 1.81. The molecule has 0 aromatic heterocycles. The smallest absolute Gasteiger partial charge is 0.410 e. The standard InChI is InChI=1S/C13H18N2O3S/c1-17-10-9-15(8-7-12(14)19)13(16)18-11-5-3-2-4-6-11/h2-6H,7-10H2,1H3,(H2,14,19). The zero-order valence-electron chi connectivity index (χ0n) is 10.9. The summed E-state index contributed by atoms with van der Waals surface area (Å²) >= 11 is 4.81. The molecule has 0 aliphatic rings. The van der Waals surface area contributed by atoms with Crippen molar-refractivity contribution in [3.8, 4) is 5.75 Å². The molecule has 0 bridgehead atoms. The lowest BCUT2D eigenvalue weighted by Gasteiger charge is -2.21. The molecule has 1 amide bonds. The van der Waals surface area contributed by atoms with Gasteiger partial charge in [-0.15, -0.1) is 0 Å². The fourth-order valence-electron chi connectivity index (χ4n) is 1.39. The average Bonchev–Trinajstić information content (AvgIpc) is 2.39. The first-order chi connectivity index (χ1) is 9.13. The number of methoxy groups -OCH3 is 1. The molecule has 5 nitrogen and oxygen atoms in total. The van der Waals surface area contributed by atoms with Gasteiger partial charge in [0.2, 0.25) is 0 Å². The number of carbonyl (C=O) groups excluding carboxylic acids is 1. The van der Waals surface area contributed by atoms with Crippen LogP contribution in [0.1, 0.15) is 6.42 Å². The van der Waals surface area contributed by atoms with Gasteiger partial charge in [0.25, 0.3) is 0 Å². The first kappa shape index (κ1) is 15.4. The van der Waals surface area contributed by atoms with Gasteiger partial charge in [0.05, 0.1) is 11.6 Å². The van der Waals surface area contributed by atoms with Crippen LogP contribution in [-0.2, 0) is 4.74 Å². The largest absolute Gasteiger partial charge is 0.415 e. The Balaban J connectivity index is 2.57. The van der Waals surface area contributed by atoms with Gasteiger partial charge in [-0.05, 0) is 12.1 Å². The molecule has 0 unspecified atom stereocenters. The van der Waals surface area contributed by atoms with E-state index in [0.29, 0.717) is 36.9 Å². The molecule has 0 aliphatic carbocycles. The lowest BCUT2D eigenvalue weighted by molar-refractivity contribution is 0.125. The molecule has 0 saturated carbocycles. The van der Waals surface area contributed by atoms with Crippen molar-refractivity contribution in [2.75, 3.05) is 26.8 Å². The number of carbonyl (C=O) groups is 1. The minimum absolute atomic E-state index is 0.370. The normalized spacial score (nSPS) is 9.95. The van der Waals surface area contributed by atoms with Crippen LogP contribution in [-0.4, -0.2) is 42.8 Å². The van der Waals surface area contributed by atoms with E-state index in [4.69, 9.17) is 27.4 Å². The summed E-state index contributed by atoms with van der Waals surface area (Å²) in [6.45, 7) is 1.29. The van der Waals surface area contributed by atoms with Crippen LogP contribution >= 0.6 is 12.2 Å². The van der Waals surface area contributed by atoms with Gasteiger partial charge in [-0.25, -0.2) is 4.79 Å². The Morgan fingerprint density at radius 2 is 2.00 bits per heavy atom.